The minimum atomic E-state index is -1.08. The Morgan fingerprint density at radius 1 is 1.00 bits per heavy atom. The molecule has 0 rings (SSSR count). The van der Waals surface area contributed by atoms with Crippen LogP contribution in [0.3, 0.4) is 0 Å². The van der Waals surface area contributed by atoms with Crippen LogP contribution >= 0.6 is 0 Å². The van der Waals surface area contributed by atoms with Crippen LogP contribution < -0.4 is 0 Å². The van der Waals surface area contributed by atoms with E-state index in [1.165, 1.54) is 27.7 Å². The summed E-state index contributed by atoms with van der Waals surface area (Å²) in [7, 11) is 0. The number of hydrogen-bond acceptors (Lipinski definition) is 4. The molecule has 2 atom stereocenters. The molecule has 0 aliphatic heterocycles. The number of aliphatic hydroxyl groups excluding tert-OH is 2. The van der Waals surface area contributed by atoms with Gasteiger partial charge in [0.25, 0.3) is 0 Å². The van der Waals surface area contributed by atoms with Gasteiger partial charge in [0.15, 0.2) is 0 Å². The number of hydrogen-bond donors (Lipinski definition) is 4. The first-order valence-corrected chi connectivity index (χ1v) is 4.61. The van der Waals surface area contributed by atoms with E-state index in [1.54, 1.807) is 0 Å². The lowest BCUT2D eigenvalue weighted by molar-refractivity contribution is -0.144. The second-order valence-electron chi connectivity index (χ2n) is 3.38. The third-order valence-corrected chi connectivity index (χ3v) is 1.98. The lowest BCUT2D eigenvalue weighted by Crippen LogP contribution is -2.21. The summed E-state index contributed by atoms with van der Waals surface area (Å²) < 4.78 is 0. The van der Waals surface area contributed by atoms with Crippen LogP contribution in [0.25, 0.3) is 0 Å². The van der Waals surface area contributed by atoms with Crippen molar-refractivity contribution in [3.05, 3.63) is 11.3 Å². The first kappa shape index (κ1) is 16.9. The third kappa shape index (κ3) is 7.81. The Morgan fingerprint density at radius 3 is 1.38 bits per heavy atom. The fourth-order valence-corrected chi connectivity index (χ4v) is 0.361. The van der Waals surface area contributed by atoms with E-state index >= 15 is 0 Å². The summed E-state index contributed by atoms with van der Waals surface area (Å²) in [5.74, 6) is -2.84. The average molecular weight is 234 g/mol. The molecular weight excluding hydrogens is 216 g/mol. The minimum Gasteiger partial charge on any atom is -0.512 e. The molecule has 0 heterocycles. The number of aliphatic hydroxyl groups is 2. The van der Waals surface area contributed by atoms with Gasteiger partial charge in [-0.25, -0.2) is 4.79 Å². The van der Waals surface area contributed by atoms with Crippen LogP contribution in [0.15, 0.2) is 11.3 Å². The first-order valence-electron chi connectivity index (χ1n) is 4.61. The molecule has 2 unspecified atom stereocenters. The van der Waals surface area contributed by atoms with Gasteiger partial charge in [0, 0.05) is 0 Å². The maximum Gasteiger partial charge on any atom is 0.334 e. The highest BCUT2D eigenvalue weighted by atomic mass is 16.4. The predicted molar refractivity (Wildman–Crippen MR) is 57.1 cm³/mol. The van der Waals surface area contributed by atoms with E-state index in [2.05, 4.69) is 0 Å². The van der Waals surface area contributed by atoms with Gasteiger partial charge < -0.3 is 20.4 Å². The molecular formula is C10H18O6. The molecule has 0 aliphatic carbocycles. The van der Waals surface area contributed by atoms with Crippen molar-refractivity contribution in [3.8, 4) is 0 Å². The third-order valence-electron chi connectivity index (χ3n) is 1.98. The van der Waals surface area contributed by atoms with E-state index in [-0.39, 0.29) is 11.3 Å². The topological polar surface area (TPSA) is 115 Å². The molecule has 0 aromatic heterocycles. The summed E-state index contributed by atoms with van der Waals surface area (Å²) in [4.78, 5) is 19.9. The summed E-state index contributed by atoms with van der Waals surface area (Å²) in [6.07, 6.45) is -0.757. The SMILES string of the molecule is C/C(O)=C(\C)C(=O)O.CC(O)C(C)C(=O)O. The van der Waals surface area contributed by atoms with Gasteiger partial charge in [-0.05, 0) is 27.7 Å². The van der Waals surface area contributed by atoms with Crippen LogP contribution in [0.4, 0.5) is 0 Å². The predicted octanol–water partition coefficient (Wildman–Crippen LogP) is 1.01. The maximum absolute atomic E-state index is 9.98. The van der Waals surface area contributed by atoms with Gasteiger partial charge in [-0.1, -0.05) is 0 Å². The molecule has 0 saturated carbocycles. The molecule has 94 valence electrons. The highest BCUT2D eigenvalue weighted by molar-refractivity contribution is 5.86. The van der Waals surface area contributed by atoms with Crippen molar-refractivity contribution in [1.29, 1.82) is 0 Å². The minimum absolute atomic E-state index is 0.00926. The molecule has 0 saturated heterocycles. The van der Waals surface area contributed by atoms with Gasteiger partial charge in [0.1, 0.15) is 0 Å². The molecule has 0 aliphatic rings. The second kappa shape index (κ2) is 7.70. The lowest BCUT2D eigenvalue weighted by Gasteiger charge is -2.06. The van der Waals surface area contributed by atoms with Crippen molar-refractivity contribution in [2.75, 3.05) is 0 Å². The summed E-state index contributed by atoms with van der Waals surface area (Å²) in [6, 6.07) is 0. The van der Waals surface area contributed by atoms with Crippen LogP contribution in [0.1, 0.15) is 27.7 Å². The number of aliphatic carboxylic acids is 2. The number of carbonyl (C=O) groups is 2. The van der Waals surface area contributed by atoms with E-state index in [0.29, 0.717) is 0 Å². The Morgan fingerprint density at radius 2 is 1.38 bits per heavy atom. The van der Waals surface area contributed by atoms with Crippen molar-refractivity contribution in [1.82, 2.24) is 0 Å². The first-order chi connectivity index (χ1) is 7.11. The molecule has 6 nitrogen and oxygen atoms in total. The van der Waals surface area contributed by atoms with Crippen molar-refractivity contribution >= 4 is 11.9 Å². The van der Waals surface area contributed by atoms with Gasteiger partial charge in [0.05, 0.1) is 23.4 Å². The van der Waals surface area contributed by atoms with Crippen LogP contribution in [-0.2, 0) is 9.59 Å². The van der Waals surface area contributed by atoms with Crippen molar-refractivity contribution in [3.63, 3.8) is 0 Å². The fraction of sp³-hybridized carbons (Fsp3) is 0.600. The van der Waals surface area contributed by atoms with Crippen LogP contribution in [-0.4, -0.2) is 38.5 Å². The molecule has 0 fully saturated rings. The molecule has 6 heteroatoms. The normalized spacial score (nSPS) is 15.1. The van der Waals surface area contributed by atoms with E-state index < -0.39 is 24.0 Å². The molecule has 4 N–H and O–H groups in total. The summed E-state index contributed by atoms with van der Waals surface area (Å²) in [6.45, 7) is 5.60. The summed E-state index contributed by atoms with van der Waals surface area (Å²) in [5, 5.41) is 33.4. The van der Waals surface area contributed by atoms with E-state index in [4.69, 9.17) is 20.4 Å². The molecule has 0 radical (unpaired) electrons. The highest BCUT2D eigenvalue weighted by Gasteiger charge is 2.15. The highest BCUT2D eigenvalue weighted by Crippen LogP contribution is 2.00. The lowest BCUT2D eigenvalue weighted by atomic mass is 10.1. The van der Waals surface area contributed by atoms with E-state index in [1.807, 2.05) is 0 Å². The molecule has 0 aromatic rings. The van der Waals surface area contributed by atoms with E-state index in [9.17, 15) is 9.59 Å². The number of carboxylic acids is 2. The maximum atomic E-state index is 9.98. The quantitative estimate of drug-likeness (QED) is 0.428. The molecule has 0 aromatic carbocycles. The van der Waals surface area contributed by atoms with Gasteiger partial charge in [-0.3, -0.25) is 4.79 Å². The van der Waals surface area contributed by atoms with Crippen LogP contribution in [0.2, 0.25) is 0 Å². The zero-order valence-corrected chi connectivity index (χ0v) is 9.76. The Hall–Kier alpha value is -1.56. The van der Waals surface area contributed by atoms with Crippen LogP contribution in [0, 0.1) is 5.92 Å². The Kier molecular flexibility index (Phi) is 8.11. The fourth-order valence-electron chi connectivity index (χ4n) is 0.361. The van der Waals surface area contributed by atoms with E-state index in [0.717, 1.165) is 0 Å². The Balaban J connectivity index is 0. The standard InChI is InChI=1S/C5H10O3.C5H8O3/c2*1-3(4(2)6)5(7)8/h3-4,6H,1-2H3,(H,7,8);6H,1-2H3,(H,7,8)/b;4-3-. The second-order valence-corrected chi connectivity index (χ2v) is 3.38. The summed E-state index contributed by atoms with van der Waals surface area (Å²) >= 11 is 0. The van der Waals surface area contributed by atoms with Gasteiger partial charge in [-0.2, -0.15) is 0 Å². The van der Waals surface area contributed by atoms with Gasteiger partial charge >= 0.3 is 11.9 Å². The van der Waals surface area contributed by atoms with Gasteiger partial charge in [0.2, 0.25) is 0 Å². The Bertz CT molecular complexity index is 275. The Labute approximate surface area is 93.8 Å². The smallest absolute Gasteiger partial charge is 0.334 e. The molecule has 0 amide bonds. The average Bonchev–Trinajstić information content (AvgIpc) is 2.15. The largest absolute Gasteiger partial charge is 0.512 e. The summed E-state index contributed by atoms with van der Waals surface area (Å²) in [5.41, 5.74) is -0.00926. The molecule has 0 spiro atoms. The molecule has 0 bridgehead atoms. The number of rotatable bonds is 3. The molecule has 16 heavy (non-hydrogen) atoms. The van der Waals surface area contributed by atoms with Crippen molar-refractivity contribution < 1.29 is 30.0 Å². The zero-order valence-electron chi connectivity index (χ0n) is 9.76. The number of carboxylic acid groups (broad SMARTS) is 2. The monoisotopic (exact) mass is 234 g/mol. The van der Waals surface area contributed by atoms with Crippen LogP contribution in [0.5, 0.6) is 0 Å². The van der Waals surface area contributed by atoms with Crippen molar-refractivity contribution in [2.45, 2.75) is 33.8 Å². The van der Waals surface area contributed by atoms with Crippen molar-refractivity contribution in [2.24, 2.45) is 5.92 Å². The number of allylic oxidation sites excluding steroid dienone is 1. The van der Waals surface area contributed by atoms with Gasteiger partial charge in [-0.15, -0.1) is 0 Å². The zero-order chi connectivity index (χ0) is 13.5.